The minimum absolute atomic E-state index is 0.256. The van der Waals surface area contributed by atoms with Gasteiger partial charge in [-0.3, -0.25) is 4.79 Å². The van der Waals surface area contributed by atoms with Crippen LogP contribution in [0.15, 0.2) is 24.3 Å². The van der Waals surface area contributed by atoms with Crippen molar-refractivity contribution in [1.29, 1.82) is 0 Å². The Balaban J connectivity index is 1.76. The first kappa shape index (κ1) is 14.9. The number of nitrogens with zero attached hydrogens (tertiary/aromatic N) is 1. The zero-order chi connectivity index (χ0) is 14.4. The highest BCUT2D eigenvalue weighted by atomic mass is 16.5. The van der Waals surface area contributed by atoms with Crippen LogP contribution in [-0.2, 0) is 11.2 Å². The molecule has 0 aromatic heterocycles. The van der Waals surface area contributed by atoms with Crippen LogP contribution in [0, 0.1) is 0 Å². The molecule has 1 unspecified atom stereocenters. The molecule has 1 heterocycles. The highest BCUT2D eigenvalue weighted by molar-refractivity contribution is 5.76. The van der Waals surface area contributed by atoms with Crippen molar-refractivity contribution < 1.29 is 9.53 Å². The van der Waals surface area contributed by atoms with Gasteiger partial charge in [0.25, 0.3) is 0 Å². The number of carbonyl (C=O) groups is 1. The Bertz CT molecular complexity index is 431. The molecule has 1 fully saturated rings. The predicted octanol–water partition coefficient (Wildman–Crippen LogP) is 1.97. The summed E-state index contributed by atoms with van der Waals surface area (Å²) in [4.78, 5) is 14.1. The van der Waals surface area contributed by atoms with Crippen molar-refractivity contribution in [2.75, 3.05) is 20.2 Å². The number of aryl methyl sites for hydroxylation is 1. The number of rotatable bonds is 6. The smallest absolute Gasteiger partial charge is 0.222 e. The van der Waals surface area contributed by atoms with Crippen molar-refractivity contribution in [1.82, 2.24) is 4.90 Å². The van der Waals surface area contributed by atoms with Gasteiger partial charge in [-0.05, 0) is 43.4 Å². The van der Waals surface area contributed by atoms with Crippen molar-refractivity contribution in [3.63, 3.8) is 0 Å². The molecule has 1 atom stereocenters. The van der Waals surface area contributed by atoms with Gasteiger partial charge in [0.2, 0.25) is 5.91 Å². The molecule has 0 bridgehead atoms. The zero-order valence-electron chi connectivity index (χ0n) is 12.2. The Morgan fingerprint density at radius 2 is 2.15 bits per heavy atom. The highest BCUT2D eigenvalue weighted by Crippen LogP contribution is 2.18. The first-order chi connectivity index (χ1) is 9.74. The fourth-order valence-electron chi connectivity index (χ4n) is 2.79. The van der Waals surface area contributed by atoms with Gasteiger partial charge >= 0.3 is 0 Å². The van der Waals surface area contributed by atoms with Gasteiger partial charge in [0.15, 0.2) is 0 Å². The molecule has 4 heteroatoms. The Kier molecular flexibility index (Phi) is 5.41. The summed E-state index contributed by atoms with van der Waals surface area (Å²) in [6, 6.07) is 8.30. The number of methoxy groups -OCH3 is 1. The number of nitrogens with two attached hydrogens (primary N) is 1. The van der Waals surface area contributed by atoms with Gasteiger partial charge in [0.1, 0.15) is 5.75 Å². The summed E-state index contributed by atoms with van der Waals surface area (Å²) < 4.78 is 5.13. The first-order valence-corrected chi connectivity index (χ1v) is 7.37. The number of hydrogen-bond acceptors (Lipinski definition) is 3. The van der Waals surface area contributed by atoms with Crippen LogP contribution >= 0.6 is 0 Å². The summed E-state index contributed by atoms with van der Waals surface area (Å²) in [7, 11) is 1.66. The second-order valence-corrected chi connectivity index (χ2v) is 5.32. The van der Waals surface area contributed by atoms with Gasteiger partial charge in [0, 0.05) is 25.6 Å². The lowest BCUT2D eigenvalue weighted by atomic mass is 10.1. The van der Waals surface area contributed by atoms with Crippen LogP contribution in [0.2, 0.25) is 0 Å². The third-order valence-corrected chi connectivity index (χ3v) is 3.98. The molecule has 1 saturated heterocycles. The molecule has 1 aliphatic rings. The number of carbonyl (C=O) groups excluding carboxylic acids is 1. The maximum Gasteiger partial charge on any atom is 0.222 e. The van der Waals surface area contributed by atoms with E-state index in [2.05, 4.69) is 12.1 Å². The highest BCUT2D eigenvalue weighted by Gasteiger charge is 2.26. The lowest BCUT2D eigenvalue weighted by molar-refractivity contribution is -0.131. The Morgan fingerprint density at radius 3 is 2.80 bits per heavy atom. The molecule has 1 amide bonds. The normalized spacial score (nSPS) is 18.3. The Morgan fingerprint density at radius 1 is 1.40 bits per heavy atom. The van der Waals surface area contributed by atoms with Crippen LogP contribution in [-0.4, -0.2) is 37.0 Å². The minimum atomic E-state index is 0.256. The lowest BCUT2D eigenvalue weighted by Gasteiger charge is -2.23. The molecule has 2 rings (SSSR count). The average molecular weight is 276 g/mol. The summed E-state index contributed by atoms with van der Waals surface area (Å²) in [6.45, 7) is 1.47. The van der Waals surface area contributed by atoms with Crippen LogP contribution in [0.25, 0.3) is 0 Å². The third kappa shape index (κ3) is 3.73. The van der Waals surface area contributed by atoms with E-state index < -0.39 is 0 Å². The minimum Gasteiger partial charge on any atom is -0.497 e. The van der Waals surface area contributed by atoms with E-state index in [-0.39, 0.29) is 11.9 Å². The van der Waals surface area contributed by atoms with E-state index in [0.29, 0.717) is 13.0 Å². The number of amides is 1. The van der Waals surface area contributed by atoms with E-state index in [1.807, 2.05) is 17.0 Å². The molecular formula is C16H24N2O2. The van der Waals surface area contributed by atoms with Crippen LogP contribution in [0.1, 0.15) is 31.2 Å². The summed E-state index contributed by atoms with van der Waals surface area (Å²) >= 11 is 0. The molecule has 4 nitrogen and oxygen atoms in total. The topological polar surface area (TPSA) is 55.6 Å². The van der Waals surface area contributed by atoms with Crippen LogP contribution in [0.4, 0.5) is 0 Å². The molecule has 1 aromatic carbocycles. The molecule has 1 aromatic rings. The van der Waals surface area contributed by atoms with Crippen molar-refractivity contribution >= 4 is 5.91 Å². The molecule has 0 radical (unpaired) electrons. The van der Waals surface area contributed by atoms with Gasteiger partial charge in [-0.15, -0.1) is 0 Å². The second kappa shape index (κ2) is 7.29. The number of benzene rings is 1. The molecule has 110 valence electrons. The summed E-state index contributed by atoms with van der Waals surface area (Å²) in [5, 5.41) is 0. The van der Waals surface area contributed by atoms with Gasteiger partial charge < -0.3 is 15.4 Å². The summed E-state index contributed by atoms with van der Waals surface area (Å²) in [5.74, 6) is 1.12. The van der Waals surface area contributed by atoms with Crippen molar-refractivity contribution in [2.24, 2.45) is 5.73 Å². The molecule has 1 aliphatic heterocycles. The number of likely N-dealkylation sites (tertiary alicyclic amines) is 1. The van der Waals surface area contributed by atoms with Crippen LogP contribution < -0.4 is 10.5 Å². The van der Waals surface area contributed by atoms with E-state index in [9.17, 15) is 4.79 Å². The van der Waals surface area contributed by atoms with E-state index in [4.69, 9.17) is 10.5 Å². The monoisotopic (exact) mass is 276 g/mol. The number of ether oxygens (including phenoxy) is 1. The fraction of sp³-hybridized carbons (Fsp3) is 0.562. The first-order valence-electron chi connectivity index (χ1n) is 7.37. The van der Waals surface area contributed by atoms with E-state index in [0.717, 1.165) is 38.0 Å². The quantitative estimate of drug-likeness (QED) is 0.864. The second-order valence-electron chi connectivity index (χ2n) is 5.32. The van der Waals surface area contributed by atoms with E-state index >= 15 is 0 Å². The molecule has 2 N–H and O–H groups in total. The van der Waals surface area contributed by atoms with Crippen LogP contribution in [0.3, 0.4) is 0 Å². The zero-order valence-corrected chi connectivity index (χ0v) is 12.2. The third-order valence-electron chi connectivity index (χ3n) is 3.98. The Hall–Kier alpha value is -1.55. The molecule has 20 heavy (non-hydrogen) atoms. The average Bonchev–Trinajstić information content (AvgIpc) is 2.96. The Labute approximate surface area is 120 Å². The van der Waals surface area contributed by atoms with Crippen molar-refractivity contribution in [3.05, 3.63) is 29.8 Å². The van der Waals surface area contributed by atoms with Gasteiger partial charge in [-0.2, -0.15) is 0 Å². The summed E-state index contributed by atoms with van der Waals surface area (Å²) in [6.07, 6.45) is 4.57. The van der Waals surface area contributed by atoms with Gasteiger partial charge in [-0.1, -0.05) is 12.1 Å². The maximum atomic E-state index is 12.2. The van der Waals surface area contributed by atoms with Crippen LogP contribution in [0.5, 0.6) is 5.75 Å². The maximum absolute atomic E-state index is 12.2. The van der Waals surface area contributed by atoms with E-state index in [1.165, 1.54) is 5.56 Å². The SMILES string of the molecule is COc1ccc(CCCC(=O)N2CCCC2CN)cc1. The predicted molar refractivity (Wildman–Crippen MR) is 79.7 cm³/mol. The molecule has 0 saturated carbocycles. The van der Waals surface area contributed by atoms with E-state index in [1.54, 1.807) is 7.11 Å². The van der Waals surface area contributed by atoms with Crippen molar-refractivity contribution in [3.8, 4) is 5.75 Å². The fourth-order valence-corrected chi connectivity index (χ4v) is 2.79. The van der Waals surface area contributed by atoms with Gasteiger partial charge in [-0.25, -0.2) is 0 Å². The summed E-state index contributed by atoms with van der Waals surface area (Å²) in [5.41, 5.74) is 6.95. The number of hydrogen-bond donors (Lipinski definition) is 1. The largest absolute Gasteiger partial charge is 0.497 e. The lowest BCUT2D eigenvalue weighted by Crippen LogP contribution is -2.39. The molecular weight excluding hydrogens is 252 g/mol. The standard InChI is InChI=1S/C16H24N2O2/c1-20-15-9-7-13(8-10-15)4-2-6-16(19)18-11-3-5-14(18)12-17/h7-10,14H,2-6,11-12,17H2,1H3. The van der Waals surface area contributed by atoms with Crippen molar-refractivity contribution in [2.45, 2.75) is 38.1 Å². The molecule has 0 spiro atoms. The molecule has 0 aliphatic carbocycles. The van der Waals surface area contributed by atoms with Gasteiger partial charge in [0.05, 0.1) is 7.11 Å².